The van der Waals surface area contributed by atoms with Gasteiger partial charge in [0.1, 0.15) is 23.7 Å². The smallest absolute Gasteiger partial charge is 0.222 e. The molecule has 0 aliphatic heterocycles. The first-order valence-electron chi connectivity index (χ1n) is 9.74. The van der Waals surface area contributed by atoms with Crippen molar-refractivity contribution in [3.8, 4) is 5.75 Å². The van der Waals surface area contributed by atoms with Gasteiger partial charge in [0.15, 0.2) is 5.82 Å². The monoisotopic (exact) mass is 383 g/mol. The van der Waals surface area contributed by atoms with Gasteiger partial charge in [-0.15, -0.1) is 0 Å². The fraction of sp³-hybridized carbons (Fsp3) is 0.476. The molecule has 3 aromatic rings. The van der Waals surface area contributed by atoms with Crippen LogP contribution >= 0.6 is 0 Å². The maximum Gasteiger partial charge on any atom is 0.222 e. The van der Waals surface area contributed by atoms with Crippen molar-refractivity contribution in [2.75, 3.05) is 18.9 Å². The number of pyridine rings is 1. The maximum absolute atomic E-state index is 11.6. The molecule has 0 aliphatic carbocycles. The Labute approximate surface area is 165 Å². The minimum Gasteiger partial charge on any atom is -0.492 e. The molecule has 0 fully saturated rings. The Kier molecular flexibility index (Phi) is 5.72. The van der Waals surface area contributed by atoms with E-state index in [0.717, 1.165) is 34.3 Å². The Bertz CT molecular complexity index is 1010. The molecule has 0 saturated carbocycles. The van der Waals surface area contributed by atoms with Crippen molar-refractivity contribution in [1.29, 1.82) is 0 Å². The second-order valence-electron chi connectivity index (χ2n) is 7.83. The number of amides is 1. The largest absolute Gasteiger partial charge is 0.492 e. The van der Waals surface area contributed by atoms with Crippen LogP contribution in [0, 0.1) is 18.8 Å². The van der Waals surface area contributed by atoms with E-state index < -0.39 is 0 Å². The molecule has 1 amide bonds. The van der Waals surface area contributed by atoms with Crippen LogP contribution in [-0.4, -0.2) is 33.6 Å². The van der Waals surface area contributed by atoms with Crippen molar-refractivity contribution in [3.63, 3.8) is 0 Å². The van der Waals surface area contributed by atoms with Crippen LogP contribution in [0.1, 0.15) is 33.5 Å². The molecule has 7 nitrogen and oxygen atoms in total. The number of benzene rings is 1. The van der Waals surface area contributed by atoms with E-state index in [1.165, 1.54) is 0 Å². The molecule has 2 heterocycles. The number of nitrogens with two attached hydrogens (primary N) is 1. The number of anilines is 1. The lowest BCUT2D eigenvalue weighted by atomic mass is 10.1. The van der Waals surface area contributed by atoms with E-state index in [2.05, 4.69) is 33.7 Å². The van der Waals surface area contributed by atoms with Crippen molar-refractivity contribution < 1.29 is 9.53 Å². The van der Waals surface area contributed by atoms with Crippen LogP contribution in [0.3, 0.4) is 0 Å². The van der Waals surface area contributed by atoms with Gasteiger partial charge in [-0.05, 0) is 25.0 Å². The van der Waals surface area contributed by atoms with E-state index in [0.29, 0.717) is 30.6 Å². The van der Waals surface area contributed by atoms with Crippen LogP contribution in [0.5, 0.6) is 5.75 Å². The third-order valence-electron chi connectivity index (χ3n) is 4.61. The number of fused-ring (bicyclic) bond motifs is 3. The number of nitrogens with one attached hydrogen (secondary N) is 1. The van der Waals surface area contributed by atoms with Crippen molar-refractivity contribution in [2.45, 2.75) is 41.2 Å². The minimum atomic E-state index is -0.0330. The van der Waals surface area contributed by atoms with Gasteiger partial charge in [-0.2, -0.15) is 0 Å². The van der Waals surface area contributed by atoms with Gasteiger partial charge < -0.3 is 20.4 Å². The fourth-order valence-electron chi connectivity index (χ4n) is 3.23. The molecule has 0 spiro atoms. The van der Waals surface area contributed by atoms with Gasteiger partial charge >= 0.3 is 0 Å². The van der Waals surface area contributed by atoms with Gasteiger partial charge in [0.05, 0.1) is 17.6 Å². The van der Waals surface area contributed by atoms with Gasteiger partial charge in [0.2, 0.25) is 5.91 Å². The highest BCUT2D eigenvalue weighted by Crippen LogP contribution is 2.31. The zero-order valence-corrected chi connectivity index (χ0v) is 17.2. The fourth-order valence-corrected chi connectivity index (χ4v) is 3.23. The third-order valence-corrected chi connectivity index (χ3v) is 4.61. The van der Waals surface area contributed by atoms with Crippen LogP contribution < -0.4 is 15.8 Å². The highest BCUT2D eigenvalue weighted by molar-refractivity contribution is 6.06. The second-order valence-corrected chi connectivity index (χ2v) is 7.83. The molecule has 7 heteroatoms. The number of nitrogen functional groups attached to an aromatic ring is 1. The summed E-state index contributed by atoms with van der Waals surface area (Å²) >= 11 is 0. The average molecular weight is 383 g/mol. The van der Waals surface area contributed by atoms with Crippen LogP contribution in [0.15, 0.2) is 18.2 Å². The zero-order chi connectivity index (χ0) is 20.4. The Hall–Kier alpha value is -2.83. The van der Waals surface area contributed by atoms with Gasteiger partial charge in [0.25, 0.3) is 0 Å². The van der Waals surface area contributed by atoms with Gasteiger partial charge in [-0.1, -0.05) is 27.7 Å². The number of carbonyl (C=O) groups is 1. The topological polar surface area (TPSA) is 95.1 Å². The molecule has 0 bridgehead atoms. The number of aromatic nitrogens is 3. The predicted octanol–water partition coefficient (Wildman–Crippen LogP) is 3.28. The van der Waals surface area contributed by atoms with E-state index >= 15 is 0 Å². The van der Waals surface area contributed by atoms with Crippen LogP contribution in [0.2, 0.25) is 0 Å². The normalized spacial score (nSPS) is 11.7. The Morgan fingerprint density at radius 2 is 2.00 bits per heavy atom. The Morgan fingerprint density at radius 1 is 1.25 bits per heavy atom. The Balaban J connectivity index is 1.88. The van der Waals surface area contributed by atoms with Gasteiger partial charge in [0, 0.05) is 23.9 Å². The quantitative estimate of drug-likeness (QED) is 0.611. The first-order valence-corrected chi connectivity index (χ1v) is 9.74. The standard InChI is InChI=1S/C21H29N5O2/c1-12(2)11-26-14(5)24-18-19(26)16-7-6-15(10-17(16)25-20(18)22)28-9-8-23-21(27)13(3)4/h6-7,10,12-13H,8-9,11H2,1-5H3,(H2,22,25)(H,23,27). The molecule has 1 aromatic carbocycles. The second kappa shape index (κ2) is 8.04. The van der Waals surface area contributed by atoms with Crippen LogP contribution in [0.25, 0.3) is 21.9 Å². The molecular weight excluding hydrogens is 354 g/mol. The molecule has 0 atom stereocenters. The number of hydrogen-bond acceptors (Lipinski definition) is 5. The van der Waals surface area contributed by atoms with E-state index in [4.69, 9.17) is 10.5 Å². The average Bonchev–Trinajstić information content (AvgIpc) is 2.95. The summed E-state index contributed by atoms with van der Waals surface area (Å²) in [5, 5.41) is 3.85. The molecule has 28 heavy (non-hydrogen) atoms. The Morgan fingerprint density at radius 3 is 2.68 bits per heavy atom. The number of carbonyl (C=O) groups excluding carboxylic acids is 1. The molecule has 0 unspecified atom stereocenters. The molecule has 2 aromatic heterocycles. The highest BCUT2D eigenvalue weighted by atomic mass is 16.5. The number of nitrogens with zero attached hydrogens (tertiary/aromatic N) is 3. The lowest BCUT2D eigenvalue weighted by molar-refractivity contribution is -0.124. The summed E-state index contributed by atoms with van der Waals surface area (Å²) in [5.74, 6) is 2.54. The molecule has 3 rings (SSSR count). The maximum atomic E-state index is 11.6. The first-order chi connectivity index (χ1) is 13.3. The SMILES string of the molecule is Cc1nc2c(N)nc3cc(OCCNC(=O)C(C)C)ccc3c2n1CC(C)C. The number of aryl methyl sites for hydroxylation is 1. The summed E-state index contributed by atoms with van der Waals surface area (Å²) in [6.07, 6.45) is 0. The number of rotatable bonds is 7. The lowest BCUT2D eigenvalue weighted by Crippen LogP contribution is -2.31. The minimum absolute atomic E-state index is 0.0210. The van der Waals surface area contributed by atoms with E-state index in [-0.39, 0.29) is 11.8 Å². The van der Waals surface area contributed by atoms with E-state index in [1.807, 2.05) is 39.0 Å². The van der Waals surface area contributed by atoms with Crippen molar-refractivity contribution in [2.24, 2.45) is 11.8 Å². The molecular formula is C21H29N5O2. The summed E-state index contributed by atoms with van der Waals surface area (Å²) in [6, 6.07) is 5.81. The molecule has 150 valence electrons. The zero-order valence-electron chi connectivity index (χ0n) is 17.2. The third kappa shape index (κ3) is 4.03. The highest BCUT2D eigenvalue weighted by Gasteiger charge is 2.16. The van der Waals surface area contributed by atoms with E-state index in [1.54, 1.807) is 0 Å². The molecule has 3 N–H and O–H groups in total. The van der Waals surface area contributed by atoms with Crippen LogP contribution in [-0.2, 0) is 11.3 Å². The van der Waals surface area contributed by atoms with Gasteiger partial charge in [-0.3, -0.25) is 4.79 Å². The summed E-state index contributed by atoms with van der Waals surface area (Å²) in [4.78, 5) is 20.8. The van der Waals surface area contributed by atoms with Crippen molar-refractivity contribution in [3.05, 3.63) is 24.0 Å². The van der Waals surface area contributed by atoms with E-state index in [9.17, 15) is 4.79 Å². The number of imidazole rings is 1. The first kappa shape index (κ1) is 19.9. The predicted molar refractivity (Wildman–Crippen MR) is 112 cm³/mol. The molecule has 0 saturated heterocycles. The lowest BCUT2D eigenvalue weighted by Gasteiger charge is -2.13. The summed E-state index contributed by atoms with van der Waals surface area (Å²) in [6.45, 7) is 11.8. The van der Waals surface area contributed by atoms with Crippen molar-refractivity contribution in [1.82, 2.24) is 19.9 Å². The number of hydrogen-bond donors (Lipinski definition) is 2. The molecule has 0 radical (unpaired) electrons. The summed E-state index contributed by atoms with van der Waals surface area (Å²) in [7, 11) is 0. The summed E-state index contributed by atoms with van der Waals surface area (Å²) in [5.41, 5.74) is 8.73. The van der Waals surface area contributed by atoms with Crippen molar-refractivity contribution >= 4 is 33.7 Å². The molecule has 0 aliphatic rings. The van der Waals surface area contributed by atoms with Crippen LogP contribution in [0.4, 0.5) is 5.82 Å². The summed E-state index contributed by atoms with van der Waals surface area (Å²) < 4.78 is 7.99. The van der Waals surface area contributed by atoms with Gasteiger partial charge in [-0.25, -0.2) is 9.97 Å². The number of ether oxygens (including phenoxy) is 1.